The summed E-state index contributed by atoms with van der Waals surface area (Å²) in [6.45, 7) is 4.02. The number of nitrogens with zero attached hydrogens (tertiary/aromatic N) is 2. The quantitative estimate of drug-likeness (QED) is 0.843. The summed E-state index contributed by atoms with van der Waals surface area (Å²) in [5.41, 5.74) is 2.01. The number of pyridine rings is 1. The predicted octanol–water partition coefficient (Wildman–Crippen LogP) is 3.93. The van der Waals surface area contributed by atoms with Crippen molar-refractivity contribution in [3.63, 3.8) is 0 Å². The first-order chi connectivity index (χ1) is 11.2. The summed E-state index contributed by atoms with van der Waals surface area (Å²) in [7, 11) is 0. The highest BCUT2D eigenvalue weighted by Gasteiger charge is 2.27. The Hall–Kier alpha value is -1.95. The van der Waals surface area contributed by atoms with Crippen LogP contribution in [0.3, 0.4) is 0 Å². The summed E-state index contributed by atoms with van der Waals surface area (Å²) in [6, 6.07) is 3.60. The van der Waals surface area contributed by atoms with Crippen LogP contribution in [0.1, 0.15) is 67.4 Å². The summed E-state index contributed by atoms with van der Waals surface area (Å²) in [5, 5.41) is 9.27. The molecule has 2 N–H and O–H groups in total. The normalized spacial score (nSPS) is 16.6. The molecule has 0 unspecified atom stereocenters. The molecule has 0 spiro atoms. The summed E-state index contributed by atoms with van der Waals surface area (Å²) in [5.74, 6) is 0.658. The second-order valence-corrected chi connectivity index (χ2v) is 6.86. The molecule has 0 radical (unpaired) electrons. The standard InChI is InChI=1S/C17H22N4OS/c1-3-14(12-6-8-18-9-7-12)21-17(22)19-11(2)15-10-23-16(20-15)13-4-5-13/h6-11,13-14H,3-5H2,1-2H3,(H2,19,21,22)/t11-,14-/m1/s1. The van der Waals surface area contributed by atoms with Crippen LogP contribution in [-0.2, 0) is 0 Å². The van der Waals surface area contributed by atoms with Crippen molar-refractivity contribution in [1.29, 1.82) is 0 Å². The van der Waals surface area contributed by atoms with Gasteiger partial charge in [-0.3, -0.25) is 4.98 Å². The van der Waals surface area contributed by atoms with Gasteiger partial charge in [0.1, 0.15) is 0 Å². The summed E-state index contributed by atoms with van der Waals surface area (Å²) >= 11 is 1.70. The molecule has 5 nitrogen and oxygen atoms in total. The van der Waals surface area contributed by atoms with E-state index >= 15 is 0 Å². The molecule has 122 valence electrons. The molecule has 23 heavy (non-hydrogen) atoms. The molecule has 0 aliphatic heterocycles. The van der Waals surface area contributed by atoms with Gasteiger partial charge in [0.25, 0.3) is 0 Å². The van der Waals surface area contributed by atoms with Crippen LogP contribution in [0.2, 0.25) is 0 Å². The Morgan fingerprint density at radius 2 is 2.09 bits per heavy atom. The number of hydrogen-bond acceptors (Lipinski definition) is 4. The van der Waals surface area contributed by atoms with Gasteiger partial charge in [-0.05, 0) is 43.9 Å². The molecule has 0 aromatic carbocycles. The number of rotatable bonds is 6. The lowest BCUT2D eigenvalue weighted by Gasteiger charge is -2.19. The highest BCUT2D eigenvalue weighted by molar-refractivity contribution is 7.09. The molecule has 2 amide bonds. The second-order valence-electron chi connectivity index (χ2n) is 5.97. The van der Waals surface area contributed by atoms with Crippen LogP contribution in [0.5, 0.6) is 0 Å². The van der Waals surface area contributed by atoms with Gasteiger partial charge in [-0.15, -0.1) is 11.3 Å². The first-order valence-electron chi connectivity index (χ1n) is 8.09. The Morgan fingerprint density at radius 3 is 2.74 bits per heavy atom. The Balaban J connectivity index is 1.56. The number of urea groups is 1. The number of carbonyl (C=O) groups excluding carboxylic acids is 1. The van der Waals surface area contributed by atoms with Crippen LogP contribution >= 0.6 is 11.3 Å². The number of carbonyl (C=O) groups is 1. The van der Waals surface area contributed by atoms with Gasteiger partial charge in [0.05, 0.1) is 22.8 Å². The first kappa shape index (κ1) is 15.9. The van der Waals surface area contributed by atoms with Crippen LogP contribution in [0.15, 0.2) is 29.9 Å². The van der Waals surface area contributed by atoms with E-state index in [1.54, 1.807) is 23.7 Å². The van der Waals surface area contributed by atoms with Crippen molar-refractivity contribution in [3.05, 3.63) is 46.2 Å². The summed E-state index contributed by atoms with van der Waals surface area (Å²) in [6.07, 6.45) is 6.82. The minimum Gasteiger partial charge on any atom is -0.331 e. The molecule has 2 aromatic heterocycles. The smallest absolute Gasteiger partial charge is 0.315 e. The molecular weight excluding hydrogens is 308 g/mol. The fourth-order valence-electron chi connectivity index (χ4n) is 2.50. The van der Waals surface area contributed by atoms with Gasteiger partial charge < -0.3 is 10.6 Å². The zero-order valence-corrected chi connectivity index (χ0v) is 14.3. The van der Waals surface area contributed by atoms with E-state index < -0.39 is 0 Å². The molecule has 2 aromatic rings. The van der Waals surface area contributed by atoms with E-state index in [1.807, 2.05) is 19.1 Å². The predicted molar refractivity (Wildman–Crippen MR) is 91.4 cm³/mol. The van der Waals surface area contributed by atoms with Crippen LogP contribution in [0.4, 0.5) is 4.79 Å². The van der Waals surface area contributed by atoms with Crippen molar-refractivity contribution in [2.75, 3.05) is 0 Å². The molecule has 3 rings (SSSR count). The third-order valence-corrected chi connectivity index (χ3v) is 5.11. The number of amides is 2. The SMILES string of the molecule is CC[C@@H](NC(=O)N[C@H](C)c1csc(C2CC2)n1)c1ccncc1. The number of thiazole rings is 1. The van der Waals surface area contributed by atoms with Gasteiger partial charge in [0.2, 0.25) is 0 Å². The fourth-order valence-corrected chi connectivity index (χ4v) is 3.59. The monoisotopic (exact) mass is 330 g/mol. The molecule has 2 heterocycles. The molecule has 1 aliphatic carbocycles. The van der Waals surface area contributed by atoms with Gasteiger partial charge in [-0.1, -0.05) is 6.92 Å². The van der Waals surface area contributed by atoms with Crippen LogP contribution < -0.4 is 10.6 Å². The second kappa shape index (κ2) is 7.08. The highest BCUT2D eigenvalue weighted by atomic mass is 32.1. The van der Waals surface area contributed by atoms with E-state index in [2.05, 4.69) is 32.9 Å². The summed E-state index contributed by atoms with van der Waals surface area (Å²) in [4.78, 5) is 20.9. The van der Waals surface area contributed by atoms with Gasteiger partial charge in [0, 0.05) is 23.7 Å². The topological polar surface area (TPSA) is 66.9 Å². The number of aromatic nitrogens is 2. The summed E-state index contributed by atoms with van der Waals surface area (Å²) < 4.78 is 0. The molecule has 0 bridgehead atoms. The lowest BCUT2D eigenvalue weighted by molar-refractivity contribution is 0.233. The third kappa shape index (κ3) is 4.07. The van der Waals surface area contributed by atoms with E-state index in [0.717, 1.165) is 17.7 Å². The van der Waals surface area contributed by atoms with Gasteiger partial charge >= 0.3 is 6.03 Å². The van der Waals surface area contributed by atoms with Gasteiger partial charge in [-0.2, -0.15) is 0 Å². The fraction of sp³-hybridized carbons (Fsp3) is 0.471. The van der Waals surface area contributed by atoms with Crippen molar-refractivity contribution < 1.29 is 4.79 Å². The first-order valence-corrected chi connectivity index (χ1v) is 8.97. The van der Waals surface area contributed by atoms with Crippen molar-refractivity contribution in [2.24, 2.45) is 0 Å². The number of nitrogens with one attached hydrogen (secondary N) is 2. The van der Waals surface area contributed by atoms with Crippen molar-refractivity contribution in [2.45, 2.75) is 51.1 Å². The Labute approximate surface area is 140 Å². The maximum atomic E-state index is 12.3. The zero-order chi connectivity index (χ0) is 16.2. The maximum absolute atomic E-state index is 12.3. The van der Waals surface area contributed by atoms with Crippen molar-refractivity contribution in [3.8, 4) is 0 Å². The van der Waals surface area contributed by atoms with Crippen LogP contribution in [-0.4, -0.2) is 16.0 Å². The maximum Gasteiger partial charge on any atom is 0.315 e. The zero-order valence-electron chi connectivity index (χ0n) is 13.5. The average Bonchev–Trinajstić information content (AvgIpc) is 3.30. The van der Waals surface area contributed by atoms with E-state index in [0.29, 0.717) is 5.92 Å². The minimum absolute atomic E-state index is 0.0114. The van der Waals surface area contributed by atoms with E-state index in [-0.39, 0.29) is 18.1 Å². The van der Waals surface area contributed by atoms with Crippen LogP contribution in [0.25, 0.3) is 0 Å². The molecule has 0 saturated heterocycles. The molecular formula is C17H22N4OS. The molecule has 1 fully saturated rings. The molecule has 2 atom stereocenters. The highest BCUT2D eigenvalue weighted by Crippen LogP contribution is 2.41. The Bertz CT molecular complexity index is 654. The van der Waals surface area contributed by atoms with E-state index in [9.17, 15) is 4.79 Å². The van der Waals surface area contributed by atoms with Gasteiger partial charge in [-0.25, -0.2) is 9.78 Å². The Morgan fingerprint density at radius 1 is 1.35 bits per heavy atom. The Kier molecular flexibility index (Phi) is 4.91. The van der Waals surface area contributed by atoms with Crippen molar-refractivity contribution >= 4 is 17.4 Å². The average molecular weight is 330 g/mol. The number of hydrogen-bond donors (Lipinski definition) is 2. The molecule has 1 saturated carbocycles. The largest absolute Gasteiger partial charge is 0.331 e. The lowest BCUT2D eigenvalue weighted by atomic mass is 10.1. The lowest BCUT2D eigenvalue weighted by Crippen LogP contribution is -2.39. The third-order valence-electron chi connectivity index (χ3n) is 4.08. The molecule has 6 heteroatoms. The van der Waals surface area contributed by atoms with E-state index in [4.69, 9.17) is 0 Å². The van der Waals surface area contributed by atoms with Gasteiger partial charge in [0.15, 0.2) is 0 Å². The molecule has 1 aliphatic rings. The minimum atomic E-state index is -0.165. The van der Waals surface area contributed by atoms with Crippen LogP contribution in [0, 0.1) is 0 Å². The van der Waals surface area contributed by atoms with Crippen molar-refractivity contribution in [1.82, 2.24) is 20.6 Å². The van der Waals surface area contributed by atoms with E-state index in [1.165, 1.54) is 17.8 Å².